The van der Waals surface area contributed by atoms with Gasteiger partial charge in [-0.1, -0.05) is 6.07 Å². The van der Waals surface area contributed by atoms with Crippen molar-refractivity contribution in [1.29, 1.82) is 0 Å². The smallest absolute Gasteiger partial charge is 0.404 e. The highest BCUT2D eigenvalue weighted by Gasteiger charge is 2.08. The van der Waals surface area contributed by atoms with Crippen LogP contribution in [0.15, 0.2) is 40.9 Å². The second-order valence-corrected chi connectivity index (χ2v) is 5.50. The van der Waals surface area contributed by atoms with Crippen LogP contribution in [0.3, 0.4) is 0 Å². The standard InChI is InChI=1S/C16H13BrFNO4/c17-13-8-12(3-2-11(13)9-20)23-15-4-1-10(7-14(15)18)5-6-19-16(21)22/h1-4,7-9,19H,5-6H2,(H,21,22). The van der Waals surface area contributed by atoms with Gasteiger partial charge in [-0.2, -0.15) is 0 Å². The van der Waals surface area contributed by atoms with E-state index in [4.69, 9.17) is 9.84 Å². The number of carbonyl (C=O) groups excluding carboxylic acids is 1. The Labute approximate surface area is 140 Å². The lowest BCUT2D eigenvalue weighted by Gasteiger charge is -2.09. The summed E-state index contributed by atoms with van der Waals surface area (Å²) in [6.45, 7) is 0.203. The molecule has 0 atom stereocenters. The van der Waals surface area contributed by atoms with Crippen LogP contribution in [0.2, 0.25) is 0 Å². The summed E-state index contributed by atoms with van der Waals surface area (Å²) in [5.74, 6) is -0.110. The van der Waals surface area contributed by atoms with Crippen molar-refractivity contribution in [2.24, 2.45) is 0 Å². The van der Waals surface area contributed by atoms with E-state index in [1.54, 1.807) is 24.3 Å². The average Bonchev–Trinajstić information content (AvgIpc) is 2.50. The molecule has 1 amide bonds. The Morgan fingerprint density at radius 2 is 2.09 bits per heavy atom. The van der Waals surface area contributed by atoms with Gasteiger partial charge in [0, 0.05) is 16.6 Å². The minimum Gasteiger partial charge on any atom is -0.465 e. The zero-order valence-corrected chi connectivity index (χ0v) is 13.5. The zero-order valence-electron chi connectivity index (χ0n) is 11.9. The van der Waals surface area contributed by atoms with Crippen molar-refractivity contribution in [3.05, 3.63) is 57.8 Å². The first-order valence-corrected chi connectivity index (χ1v) is 7.46. The third-order valence-electron chi connectivity index (χ3n) is 3.01. The van der Waals surface area contributed by atoms with E-state index >= 15 is 0 Å². The minimum atomic E-state index is -1.12. The molecule has 0 spiro atoms. The molecule has 0 fully saturated rings. The van der Waals surface area contributed by atoms with E-state index in [-0.39, 0.29) is 12.3 Å². The van der Waals surface area contributed by atoms with E-state index in [0.29, 0.717) is 34.1 Å². The summed E-state index contributed by atoms with van der Waals surface area (Å²) in [5, 5.41) is 10.7. The van der Waals surface area contributed by atoms with E-state index in [9.17, 15) is 14.0 Å². The lowest BCUT2D eigenvalue weighted by atomic mass is 10.1. The lowest BCUT2D eigenvalue weighted by molar-refractivity contribution is 0.112. The summed E-state index contributed by atoms with van der Waals surface area (Å²) in [5.41, 5.74) is 1.13. The summed E-state index contributed by atoms with van der Waals surface area (Å²) >= 11 is 3.23. The molecule has 0 saturated carbocycles. The summed E-state index contributed by atoms with van der Waals surface area (Å²) < 4.78 is 20.1. The van der Waals surface area contributed by atoms with Crippen molar-refractivity contribution in [2.45, 2.75) is 6.42 Å². The number of nitrogens with one attached hydrogen (secondary N) is 1. The maximum atomic E-state index is 14.0. The second kappa shape index (κ2) is 7.73. The Morgan fingerprint density at radius 1 is 1.30 bits per heavy atom. The topological polar surface area (TPSA) is 75.6 Å². The van der Waals surface area contributed by atoms with Crippen LogP contribution in [0.25, 0.3) is 0 Å². The minimum absolute atomic E-state index is 0.0469. The molecule has 0 aliphatic rings. The maximum absolute atomic E-state index is 14.0. The Hall–Kier alpha value is -2.41. The van der Waals surface area contributed by atoms with Gasteiger partial charge < -0.3 is 15.2 Å². The number of carbonyl (C=O) groups is 2. The fraction of sp³-hybridized carbons (Fsp3) is 0.125. The van der Waals surface area contributed by atoms with Crippen molar-refractivity contribution in [1.82, 2.24) is 5.32 Å². The van der Waals surface area contributed by atoms with E-state index in [1.165, 1.54) is 12.1 Å². The van der Waals surface area contributed by atoms with Gasteiger partial charge in [0.1, 0.15) is 5.75 Å². The molecule has 23 heavy (non-hydrogen) atoms. The van der Waals surface area contributed by atoms with Crippen LogP contribution in [0.5, 0.6) is 11.5 Å². The van der Waals surface area contributed by atoms with E-state index < -0.39 is 11.9 Å². The van der Waals surface area contributed by atoms with Crippen molar-refractivity contribution in [2.75, 3.05) is 6.54 Å². The second-order valence-electron chi connectivity index (χ2n) is 4.65. The predicted molar refractivity (Wildman–Crippen MR) is 85.7 cm³/mol. The molecule has 0 heterocycles. The molecule has 120 valence electrons. The number of amides is 1. The molecule has 0 aliphatic carbocycles. The molecule has 2 aromatic carbocycles. The van der Waals surface area contributed by atoms with E-state index in [2.05, 4.69) is 21.2 Å². The normalized spacial score (nSPS) is 10.2. The number of ether oxygens (including phenoxy) is 1. The van der Waals surface area contributed by atoms with Gasteiger partial charge in [0.2, 0.25) is 0 Å². The van der Waals surface area contributed by atoms with E-state index in [1.807, 2.05) is 0 Å². The number of carboxylic acid groups (broad SMARTS) is 1. The molecular formula is C16H13BrFNO4. The van der Waals surface area contributed by atoms with E-state index in [0.717, 1.165) is 0 Å². The molecule has 0 radical (unpaired) electrons. The molecule has 2 rings (SSSR count). The largest absolute Gasteiger partial charge is 0.465 e. The summed E-state index contributed by atoms with van der Waals surface area (Å²) in [4.78, 5) is 21.1. The van der Waals surface area contributed by atoms with Crippen LogP contribution in [0, 0.1) is 5.82 Å². The Balaban J connectivity index is 2.07. The monoisotopic (exact) mass is 381 g/mol. The van der Waals surface area contributed by atoms with Gasteiger partial charge in [0.25, 0.3) is 0 Å². The van der Waals surface area contributed by atoms with Crippen LogP contribution in [-0.2, 0) is 6.42 Å². The van der Waals surface area contributed by atoms with Crippen molar-refractivity contribution in [3.8, 4) is 11.5 Å². The highest BCUT2D eigenvalue weighted by atomic mass is 79.9. The quantitative estimate of drug-likeness (QED) is 0.741. The highest BCUT2D eigenvalue weighted by molar-refractivity contribution is 9.10. The summed E-state index contributed by atoms with van der Waals surface area (Å²) in [6.07, 6.45) is -0.0351. The molecule has 0 unspecified atom stereocenters. The molecule has 0 aromatic heterocycles. The average molecular weight is 382 g/mol. The fourth-order valence-electron chi connectivity index (χ4n) is 1.89. The van der Waals surface area contributed by atoms with Crippen molar-refractivity contribution in [3.63, 3.8) is 0 Å². The van der Waals surface area contributed by atoms with Crippen LogP contribution in [0.4, 0.5) is 9.18 Å². The summed E-state index contributed by atoms with van der Waals surface area (Å²) in [7, 11) is 0. The zero-order chi connectivity index (χ0) is 16.8. The van der Waals surface area contributed by atoms with Crippen LogP contribution < -0.4 is 10.1 Å². The first-order valence-electron chi connectivity index (χ1n) is 6.67. The Bertz CT molecular complexity index is 736. The SMILES string of the molecule is O=Cc1ccc(Oc2ccc(CCNC(=O)O)cc2F)cc1Br. The van der Waals surface area contributed by atoms with Crippen LogP contribution >= 0.6 is 15.9 Å². The Kier molecular flexibility index (Phi) is 5.70. The van der Waals surface area contributed by atoms with Crippen molar-refractivity contribution < 1.29 is 23.8 Å². The molecule has 2 N–H and O–H groups in total. The van der Waals surface area contributed by atoms with Crippen LogP contribution in [-0.4, -0.2) is 24.0 Å². The molecule has 5 nitrogen and oxygen atoms in total. The predicted octanol–water partition coefficient (Wildman–Crippen LogP) is 4.00. The molecule has 0 aliphatic heterocycles. The first-order chi connectivity index (χ1) is 11.0. The summed E-state index contributed by atoms with van der Waals surface area (Å²) in [6, 6.07) is 9.15. The van der Waals surface area contributed by atoms with Crippen LogP contribution in [0.1, 0.15) is 15.9 Å². The number of benzene rings is 2. The first kappa shape index (κ1) is 17.0. The molecular weight excluding hydrogens is 369 g/mol. The molecule has 0 saturated heterocycles. The Morgan fingerprint density at radius 3 is 2.70 bits per heavy atom. The molecule has 0 bridgehead atoms. The number of rotatable bonds is 6. The van der Waals surface area contributed by atoms with Crippen molar-refractivity contribution >= 4 is 28.3 Å². The van der Waals surface area contributed by atoms with Gasteiger partial charge in [-0.15, -0.1) is 0 Å². The van der Waals surface area contributed by atoms with Gasteiger partial charge in [0.15, 0.2) is 17.9 Å². The third-order valence-corrected chi connectivity index (χ3v) is 3.70. The number of aldehydes is 1. The fourth-order valence-corrected chi connectivity index (χ4v) is 2.34. The molecule has 2 aromatic rings. The highest BCUT2D eigenvalue weighted by Crippen LogP contribution is 2.28. The van der Waals surface area contributed by atoms with Gasteiger partial charge in [-0.05, 0) is 58.2 Å². The molecule has 7 heteroatoms. The lowest BCUT2D eigenvalue weighted by Crippen LogP contribution is -2.23. The number of halogens is 2. The van der Waals surface area contributed by atoms with Gasteiger partial charge in [-0.3, -0.25) is 4.79 Å². The number of hydrogen-bond acceptors (Lipinski definition) is 3. The maximum Gasteiger partial charge on any atom is 0.404 e. The third kappa shape index (κ3) is 4.79. The van der Waals surface area contributed by atoms with Gasteiger partial charge in [0.05, 0.1) is 0 Å². The number of hydrogen-bond donors (Lipinski definition) is 2. The van der Waals surface area contributed by atoms with Gasteiger partial charge >= 0.3 is 6.09 Å². The van der Waals surface area contributed by atoms with Gasteiger partial charge in [-0.25, -0.2) is 9.18 Å².